The SMILES string of the molecule is CCOC(=O)Cn1nc(C)c2c(C(F)(F)F)cc(-c3ccc(C(C)C)cc3)nc21. The summed E-state index contributed by atoms with van der Waals surface area (Å²) < 4.78 is 47.5. The maximum Gasteiger partial charge on any atom is 0.417 e. The minimum atomic E-state index is -4.59. The lowest BCUT2D eigenvalue weighted by Crippen LogP contribution is -2.15. The molecule has 0 saturated heterocycles. The molecule has 2 heterocycles. The molecule has 0 amide bonds. The van der Waals surface area contributed by atoms with Crippen molar-refractivity contribution in [3.63, 3.8) is 0 Å². The number of carbonyl (C=O) groups is 1. The van der Waals surface area contributed by atoms with Gasteiger partial charge in [-0.25, -0.2) is 9.67 Å². The molecule has 3 aromatic rings. The molecule has 2 aromatic heterocycles. The molecule has 0 fully saturated rings. The van der Waals surface area contributed by atoms with Crippen LogP contribution in [0.5, 0.6) is 0 Å². The highest BCUT2D eigenvalue weighted by atomic mass is 19.4. The van der Waals surface area contributed by atoms with Gasteiger partial charge in [-0.05, 0) is 31.4 Å². The van der Waals surface area contributed by atoms with E-state index in [-0.39, 0.29) is 35.6 Å². The van der Waals surface area contributed by atoms with Gasteiger partial charge in [0.1, 0.15) is 6.54 Å². The highest BCUT2D eigenvalue weighted by Crippen LogP contribution is 2.38. The van der Waals surface area contributed by atoms with Crippen LogP contribution in [0.1, 0.15) is 43.5 Å². The molecule has 29 heavy (non-hydrogen) atoms. The first-order chi connectivity index (χ1) is 13.6. The van der Waals surface area contributed by atoms with Gasteiger partial charge in [0, 0.05) is 5.56 Å². The topological polar surface area (TPSA) is 57.0 Å². The molecule has 1 aromatic carbocycles. The lowest BCUT2D eigenvalue weighted by Gasteiger charge is -2.12. The molecule has 154 valence electrons. The summed E-state index contributed by atoms with van der Waals surface area (Å²) in [5.74, 6) is -0.280. The van der Waals surface area contributed by atoms with Gasteiger partial charge >= 0.3 is 12.1 Å². The molecule has 0 radical (unpaired) electrons. The van der Waals surface area contributed by atoms with Crippen LogP contribution in [0.2, 0.25) is 0 Å². The van der Waals surface area contributed by atoms with Gasteiger partial charge in [-0.1, -0.05) is 38.1 Å². The fourth-order valence-electron chi connectivity index (χ4n) is 3.20. The molecule has 0 aliphatic rings. The average molecular weight is 405 g/mol. The minimum absolute atomic E-state index is 0.00770. The van der Waals surface area contributed by atoms with E-state index < -0.39 is 17.7 Å². The number of rotatable bonds is 5. The third-order valence-corrected chi connectivity index (χ3v) is 4.64. The third kappa shape index (κ3) is 4.26. The van der Waals surface area contributed by atoms with Crippen molar-refractivity contribution < 1.29 is 22.7 Å². The molecule has 5 nitrogen and oxygen atoms in total. The number of benzene rings is 1. The second-order valence-electron chi connectivity index (χ2n) is 7.08. The summed E-state index contributed by atoms with van der Waals surface area (Å²) in [5.41, 5.74) is 1.15. The third-order valence-electron chi connectivity index (χ3n) is 4.64. The summed E-state index contributed by atoms with van der Waals surface area (Å²) in [5, 5.41) is 4.00. The molecule has 0 bridgehead atoms. The van der Waals surface area contributed by atoms with Gasteiger partial charge < -0.3 is 4.74 Å². The Hall–Kier alpha value is -2.90. The first-order valence-corrected chi connectivity index (χ1v) is 9.33. The van der Waals surface area contributed by atoms with E-state index in [9.17, 15) is 18.0 Å². The van der Waals surface area contributed by atoms with Gasteiger partial charge in [0.2, 0.25) is 0 Å². The highest BCUT2D eigenvalue weighted by Gasteiger charge is 2.35. The van der Waals surface area contributed by atoms with E-state index in [0.717, 1.165) is 11.6 Å². The number of esters is 1. The summed E-state index contributed by atoms with van der Waals surface area (Å²) in [6.07, 6.45) is -4.59. The van der Waals surface area contributed by atoms with Crippen molar-refractivity contribution in [1.82, 2.24) is 14.8 Å². The van der Waals surface area contributed by atoms with Gasteiger partial charge in [-0.3, -0.25) is 4.79 Å². The van der Waals surface area contributed by atoms with E-state index in [1.165, 1.54) is 11.6 Å². The summed E-state index contributed by atoms with van der Waals surface area (Å²) in [6, 6.07) is 8.29. The largest absolute Gasteiger partial charge is 0.465 e. The van der Waals surface area contributed by atoms with Crippen molar-refractivity contribution in [1.29, 1.82) is 0 Å². The average Bonchev–Trinajstić information content (AvgIpc) is 2.96. The molecule has 3 rings (SSSR count). The van der Waals surface area contributed by atoms with Crippen LogP contribution in [0.4, 0.5) is 13.2 Å². The van der Waals surface area contributed by atoms with Crippen LogP contribution in [0, 0.1) is 6.92 Å². The lowest BCUT2D eigenvalue weighted by molar-refractivity contribution is -0.144. The summed E-state index contributed by atoms with van der Waals surface area (Å²) in [6.45, 7) is 7.07. The Morgan fingerprint density at radius 1 is 1.21 bits per heavy atom. The van der Waals surface area contributed by atoms with Crippen LogP contribution < -0.4 is 0 Å². The number of nitrogens with zero attached hydrogens (tertiary/aromatic N) is 3. The predicted molar refractivity (Wildman–Crippen MR) is 103 cm³/mol. The normalized spacial score (nSPS) is 12.0. The lowest BCUT2D eigenvalue weighted by atomic mass is 9.99. The van der Waals surface area contributed by atoms with Crippen LogP contribution in [0.15, 0.2) is 30.3 Å². The fraction of sp³-hybridized carbons (Fsp3) is 0.381. The Bertz CT molecular complexity index is 1040. The zero-order chi connectivity index (χ0) is 21.3. The zero-order valence-electron chi connectivity index (χ0n) is 16.7. The number of aryl methyl sites for hydroxylation is 1. The Morgan fingerprint density at radius 3 is 2.41 bits per heavy atom. The monoisotopic (exact) mass is 405 g/mol. The summed E-state index contributed by atoms with van der Waals surface area (Å²) in [7, 11) is 0. The van der Waals surface area contributed by atoms with E-state index in [2.05, 4.69) is 10.1 Å². The molecule has 0 N–H and O–H groups in total. The zero-order valence-corrected chi connectivity index (χ0v) is 16.7. The van der Waals surface area contributed by atoms with Gasteiger partial charge in [0.15, 0.2) is 5.65 Å². The highest BCUT2D eigenvalue weighted by molar-refractivity contribution is 5.86. The van der Waals surface area contributed by atoms with Crippen LogP contribution in [0.25, 0.3) is 22.3 Å². The Morgan fingerprint density at radius 2 is 1.86 bits per heavy atom. The number of alkyl halides is 3. The van der Waals surface area contributed by atoms with Crippen molar-refractivity contribution in [2.75, 3.05) is 6.61 Å². The molecule has 0 spiro atoms. The van der Waals surface area contributed by atoms with E-state index in [1.807, 2.05) is 26.0 Å². The number of aromatic nitrogens is 3. The Labute approximate surface area is 166 Å². The quantitative estimate of drug-likeness (QED) is 0.554. The number of pyridine rings is 1. The van der Waals surface area contributed by atoms with E-state index in [0.29, 0.717) is 11.5 Å². The fourth-order valence-corrected chi connectivity index (χ4v) is 3.20. The van der Waals surface area contributed by atoms with Crippen LogP contribution >= 0.6 is 0 Å². The van der Waals surface area contributed by atoms with Gasteiger partial charge in [-0.2, -0.15) is 18.3 Å². The van der Waals surface area contributed by atoms with E-state index in [1.54, 1.807) is 19.1 Å². The van der Waals surface area contributed by atoms with Crippen LogP contribution in [-0.2, 0) is 22.3 Å². The van der Waals surface area contributed by atoms with Crippen LogP contribution in [-0.4, -0.2) is 27.3 Å². The Kier molecular flexibility index (Phi) is 5.64. The summed E-state index contributed by atoms with van der Waals surface area (Å²) >= 11 is 0. The molecular formula is C21H22F3N3O2. The van der Waals surface area contributed by atoms with Gasteiger partial charge in [-0.15, -0.1) is 0 Å². The van der Waals surface area contributed by atoms with E-state index in [4.69, 9.17) is 4.74 Å². The maximum absolute atomic E-state index is 13.8. The van der Waals surface area contributed by atoms with Crippen molar-refractivity contribution >= 4 is 17.0 Å². The number of hydrogen-bond acceptors (Lipinski definition) is 4. The van der Waals surface area contributed by atoms with Crippen LogP contribution in [0.3, 0.4) is 0 Å². The molecule has 0 aliphatic carbocycles. The number of ether oxygens (including phenoxy) is 1. The number of carbonyl (C=O) groups excluding carboxylic acids is 1. The van der Waals surface area contributed by atoms with Gasteiger partial charge in [0.25, 0.3) is 0 Å². The van der Waals surface area contributed by atoms with Crippen molar-refractivity contribution in [3.05, 3.63) is 47.2 Å². The Balaban J connectivity index is 2.20. The van der Waals surface area contributed by atoms with Crippen molar-refractivity contribution in [2.45, 2.75) is 46.3 Å². The minimum Gasteiger partial charge on any atom is -0.465 e. The predicted octanol–water partition coefficient (Wildman–Crippen LogP) is 5.11. The first kappa shape index (κ1) is 20.8. The maximum atomic E-state index is 13.8. The molecule has 8 heteroatoms. The molecule has 0 unspecified atom stereocenters. The van der Waals surface area contributed by atoms with Gasteiger partial charge in [0.05, 0.1) is 28.9 Å². The molecule has 0 saturated carbocycles. The summed E-state index contributed by atoms with van der Waals surface area (Å²) in [4.78, 5) is 16.3. The standard InChI is InChI=1S/C21H22F3N3O2/c1-5-29-18(28)11-27-20-19(13(4)26-27)16(21(22,23)24)10-17(25-20)15-8-6-14(7-9-15)12(2)3/h6-10,12H,5,11H2,1-4H3. The second-order valence-corrected chi connectivity index (χ2v) is 7.08. The molecule has 0 atom stereocenters. The van der Waals surface area contributed by atoms with Crippen molar-refractivity contribution in [3.8, 4) is 11.3 Å². The number of hydrogen-bond donors (Lipinski definition) is 0. The second kappa shape index (κ2) is 7.85. The number of fused-ring (bicyclic) bond motifs is 1. The smallest absolute Gasteiger partial charge is 0.417 e. The molecular weight excluding hydrogens is 383 g/mol. The number of halogens is 3. The van der Waals surface area contributed by atoms with E-state index >= 15 is 0 Å². The molecule has 0 aliphatic heterocycles. The first-order valence-electron chi connectivity index (χ1n) is 9.33. The van der Waals surface area contributed by atoms with Crippen molar-refractivity contribution in [2.24, 2.45) is 0 Å².